The first kappa shape index (κ1) is 21.6. The van der Waals surface area contributed by atoms with Gasteiger partial charge in [0.05, 0.1) is 0 Å². The Balaban J connectivity index is 1.19. The van der Waals surface area contributed by atoms with E-state index in [-0.39, 0.29) is 0 Å². The molecule has 4 heterocycles. The zero-order valence-electron chi connectivity index (χ0n) is 20.0. The van der Waals surface area contributed by atoms with Gasteiger partial charge in [-0.2, -0.15) is 0 Å². The monoisotopic (exact) mass is 425 g/mol. The van der Waals surface area contributed by atoms with Crippen LogP contribution in [0.1, 0.15) is 83.9 Å². The summed E-state index contributed by atoms with van der Waals surface area (Å²) in [6, 6.07) is 4.28. The average molecular weight is 426 g/mol. The summed E-state index contributed by atoms with van der Waals surface area (Å²) in [5.41, 5.74) is 0. The molecule has 0 N–H and O–H groups in total. The molecule has 5 rings (SSSR count). The lowest BCUT2D eigenvalue weighted by molar-refractivity contribution is 0.0972. The van der Waals surface area contributed by atoms with Crippen molar-refractivity contribution in [2.75, 3.05) is 37.6 Å². The Morgan fingerprint density at radius 2 is 1.55 bits per heavy atom. The Morgan fingerprint density at radius 1 is 0.903 bits per heavy atom. The van der Waals surface area contributed by atoms with E-state index >= 15 is 0 Å². The maximum atomic E-state index is 5.16. The molecule has 2 bridgehead atoms. The minimum atomic E-state index is 0.540. The van der Waals surface area contributed by atoms with Crippen LogP contribution < -0.4 is 4.90 Å². The van der Waals surface area contributed by atoms with Crippen molar-refractivity contribution in [3.63, 3.8) is 0 Å². The van der Waals surface area contributed by atoms with Crippen molar-refractivity contribution >= 4 is 5.82 Å². The number of rotatable bonds is 5. The third-order valence-electron chi connectivity index (χ3n) is 9.02. The van der Waals surface area contributed by atoms with E-state index in [4.69, 9.17) is 9.97 Å². The molecule has 0 radical (unpaired) electrons. The molecule has 0 amide bonds. The number of hydrogen-bond acceptors (Lipinski definition) is 5. The van der Waals surface area contributed by atoms with Gasteiger partial charge in [0.15, 0.2) is 0 Å². The lowest BCUT2D eigenvalue weighted by atomic mass is 9.78. The van der Waals surface area contributed by atoms with Crippen molar-refractivity contribution < 1.29 is 0 Å². The van der Waals surface area contributed by atoms with Crippen LogP contribution in [0.15, 0.2) is 12.3 Å². The van der Waals surface area contributed by atoms with Crippen LogP contribution in [-0.4, -0.2) is 70.6 Å². The molecule has 172 valence electrons. The first-order valence-corrected chi connectivity index (χ1v) is 13.2. The van der Waals surface area contributed by atoms with Crippen LogP contribution in [0.25, 0.3) is 0 Å². The van der Waals surface area contributed by atoms with Crippen molar-refractivity contribution in [1.82, 2.24) is 19.8 Å². The summed E-state index contributed by atoms with van der Waals surface area (Å²) in [6.07, 6.45) is 12.8. The molecule has 0 spiro atoms. The van der Waals surface area contributed by atoms with Crippen LogP contribution in [-0.2, 0) is 0 Å². The maximum Gasteiger partial charge on any atom is 0.133 e. The average Bonchev–Trinajstić information content (AvgIpc) is 3.08. The van der Waals surface area contributed by atoms with Gasteiger partial charge in [-0.05, 0) is 88.9 Å². The molecule has 0 aromatic carbocycles. The Bertz CT molecular complexity index is 706. The third kappa shape index (κ3) is 4.50. The van der Waals surface area contributed by atoms with Gasteiger partial charge in [0.2, 0.25) is 0 Å². The molecule has 4 fully saturated rings. The number of fused-ring (bicyclic) bond motifs is 2. The third-order valence-corrected chi connectivity index (χ3v) is 9.02. The lowest BCUT2D eigenvalue weighted by Crippen LogP contribution is -2.54. The van der Waals surface area contributed by atoms with E-state index in [9.17, 15) is 0 Å². The molecular formula is C26H43N5. The predicted octanol–water partition coefficient (Wildman–Crippen LogP) is 4.54. The van der Waals surface area contributed by atoms with Crippen molar-refractivity contribution in [2.45, 2.75) is 96.2 Å². The van der Waals surface area contributed by atoms with E-state index in [0.717, 1.165) is 23.7 Å². The van der Waals surface area contributed by atoms with Crippen LogP contribution >= 0.6 is 0 Å². The fourth-order valence-corrected chi connectivity index (χ4v) is 6.98. The number of nitrogens with zero attached hydrogens (tertiary/aromatic N) is 5. The van der Waals surface area contributed by atoms with E-state index < -0.39 is 0 Å². The lowest BCUT2D eigenvalue weighted by Gasteiger charge is -2.42. The first-order valence-electron chi connectivity index (χ1n) is 13.2. The van der Waals surface area contributed by atoms with Gasteiger partial charge < -0.3 is 9.80 Å². The maximum absolute atomic E-state index is 5.16. The second-order valence-corrected chi connectivity index (χ2v) is 11.0. The fourth-order valence-electron chi connectivity index (χ4n) is 6.98. The highest BCUT2D eigenvalue weighted by molar-refractivity contribution is 5.44. The van der Waals surface area contributed by atoms with Crippen molar-refractivity contribution in [3.8, 4) is 0 Å². The first-order chi connectivity index (χ1) is 15.1. The molecule has 4 aliphatic rings. The molecule has 1 aromatic heterocycles. The van der Waals surface area contributed by atoms with Gasteiger partial charge in [0.1, 0.15) is 11.6 Å². The smallest absolute Gasteiger partial charge is 0.133 e. The molecule has 2 atom stereocenters. The van der Waals surface area contributed by atoms with Crippen molar-refractivity contribution in [3.05, 3.63) is 18.1 Å². The Hall–Kier alpha value is -1.20. The second-order valence-electron chi connectivity index (χ2n) is 11.0. The van der Waals surface area contributed by atoms with Gasteiger partial charge >= 0.3 is 0 Å². The minimum Gasteiger partial charge on any atom is -0.348 e. The number of anilines is 1. The normalized spacial score (nSPS) is 33.4. The van der Waals surface area contributed by atoms with Gasteiger partial charge in [-0.1, -0.05) is 20.8 Å². The molecule has 3 aliphatic heterocycles. The quantitative estimate of drug-likeness (QED) is 0.692. The van der Waals surface area contributed by atoms with Gasteiger partial charge in [-0.25, -0.2) is 9.97 Å². The summed E-state index contributed by atoms with van der Waals surface area (Å²) in [5, 5.41) is 0. The van der Waals surface area contributed by atoms with Crippen LogP contribution in [0.4, 0.5) is 5.82 Å². The molecule has 1 aromatic rings. The summed E-state index contributed by atoms with van der Waals surface area (Å²) in [6.45, 7) is 13.1. The summed E-state index contributed by atoms with van der Waals surface area (Å²) < 4.78 is 0. The van der Waals surface area contributed by atoms with Gasteiger partial charge in [0, 0.05) is 43.3 Å². The van der Waals surface area contributed by atoms with Crippen LogP contribution in [0, 0.1) is 11.8 Å². The van der Waals surface area contributed by atoms with Crippen molar-refractivity contribution in [2.24, 2.45) is 11.8 Å². The highest BCUT2D eigenvalue weighted by Crippen LogP contribution is 2.37. The predicted molar refractivity (Wildman–Crippen MR) is 128 cm³/mol. The molecule has 31 heavy (non-hydrogen) atoms. The molecule has 1 saturated carbocycles. The zero-order valence-corrected chi connectivity index (χ0v) is 20.0. The van der Waals surface area contributed by atoms with Gasteiger partial charge in [-0.15, -0.1) is 0 Å². The number of likely N-dealkylation sites (N-methyl/N-ethyl adjacent to an activating group) is 1. The molecule has 5 heteroatoms. The Labute approximate surface area is 189 Å². The summed E-state index contributed by atoms with van der Waals surface area (Å²) in [5.74, 6) is 4.66. The SMILES string of the molecule is CCN1CC2CCC(C1)N2c1ccnc(C2CCN([C@H]3CC[C@@H](C(C)C)CC3)CC2)n1. The van der Waals surface area contributed by atoms with Crippen molar-refractivity contribution in [1.29, 1.82) is 0 Å². The highest BCUT2D eigenvalue weighted by atomic mass is 15.3. The largest absolute Gasteiger partial charge is 0.348 e. The summed E-state index contributed by atoms with van der Waals surface area (Å²) in [4.78, 5) is 18.0. The number of aromatic nitrogens is 2. The van der Waals surface area contributed by atoms with Crippen LogP contribution in [0.2, 0.25) is 0 Å². The standard InChI is InChI=1S/C26H43N5/c1-4-29-17-23-9-10-24(18-29)31(23)25-11-14-27-26(28-25)21-12-15-30(16-13-21)22-7-5-20(6-8-22)19(2)3/h11,14,19-24H,4-10,12-13,15-18H2,1-3H3/t20-,22+,23?,24?. The Morgan fingerprint density at radius 3 is 2.16 bits per heavy atom. The number of piperazine rings is 1. The van der Waals surface area contributed by atoms with E-state index in [1.54, 1.807) is 0 Å². The van der Waals surface area contributed by atoms with E-state index in [0.29, 0.717) is 18.0 Å². The minimum absolute atomic E-state index is 0.540. The fraction of sp³-hybridized carbons (Fsp3) is 0.846. The second kappa shape index (κ2) is 9.35. The molecule has 3 saturated heterocycles. The Kier molecular flexibility index (Phi) is 6.52. The number of likely N-dealkylation sites (tertiary alicyclic amines) is 2. The summed E-state index contributed by atoms with van der Waals surface area (Å²) in [7, 11) is 0. The van der Waals surface area contributed by atoms with Gasteiger partial charge in [-0.3, -0.25) is 4.90 Å². The highest BCUT2D eigenvalue weighted by Gasteiger charge is 2.40. The van der Waals surface area contributed by atoms with E-state index in [1.807, 2.05) is 6.20 Å². The molecule has 1 aliphatic carbocycles. The molecule has 2 unspecified atom stereocenters. The van der Waals surface area contributed by atoms with E-state index in [1.165, 1.54) is 89.9 Å². The van der Waals surface area contributed by atoms with Gasteiger partial charge in [0.25, 0.3) is 0 Å². The van der Waals surface area contributed by atoms with Crippen LogP contribution in [0.3, 0.4) is 0 Å². The number of hydrogen-bond donors (Lipinski definition) is 0. The van der Waals surface area contributed by atoms with E-state index in [2.05, 4.69) is 41.5 Å². The number of piperidine rings is 1. The molecule has 5 nitrogen and oxygen atoms in total. The topological polar surface area (TPSA) is 35.5 Å². The molecular weight excluding hydrogens is 382 g/mol. The van der Waals surface area contributed by atoms with Crippen LogP contribution in [0.5, 0.6) is 0 Å². The summed E-state index contributed by atoms with van der Waals surface area (Å²) >= 11 is 0. The zero-order chi connectivity index (χ0) is 21.4.